The molecule has 0 bridgehead atoms. The van der Waals surface area contributed by atoms with Crippen LogP contribution in [0.5, 0.6) is 5.75 Å². The summed E-state index contributed by atoms with van der Waals surface area (Å²) in [6.07, 6.45) is 0. The summed E-state index contributed by atoms with van der Waals surface area (Å²) in [7, 11) is -1.87. The van der Waals surface area contributed by atoms with Crippen LogP contribution in [0.3, 0.4) is 0 Å². The van der Waals surface area contributed by atoms with E-state index < -0.39 is 8.32 Å². The lowest BCUT2D eigenvalue weighted by Gasteiger charge is -2.36. The van der Waals surface area contributed by atoms with Gasteiger partial charge in [-0.05, 0) is 72.9 Å². The summed E-state index contributed by atoms with van der Waals surface area (Å²) in [5.74, 6) is 0.895. The molecule has 2 aromatic carbocycles. The van der Waals surface area contributed by atoms with Crippen molar-refractivity contribution in [3.63, 3.8) is 0 Å². The first-order chi connectivity index (χ1) is 11.4. The summed E-state index contributed by atoms with van der Waals surface area (Å²) in [6, 6.07) is 11.4. The Hall–Kier alpha value is -2.14. The normalized spacial score (nSPS) is 12.1. The van der Waals surface area contributed by atoms with Gasteiger partial charge in [0.05, 0.1) is 4.92 Å². The van der Waals surface area contributed by atoms with Gasteiger partial charge in [-0.1, -0.05) is 26.8 Å². The molecular formula is C20H27NO3Si. The Balaban J connectivity index is 2.34. The topological polar surface area (TPSA) is 52.4 Å². The highest BCUT2D eigenvalue weighted by Gasteiger charge is 2.39. The van der Waals surface area contributed by atoms with Crippen molar-refractivity contribution < 1.29 is 9.35 Å². The molecule has 0 aliphatic heterocycles. The highest BCUT2D eigenvalue weighted by atomic mass is 28.4. The first kappa shape index (κ1) is 19.2. The molecule has 0 amide bonds. The number of rotatable bonds is 4. The molecule has 0 aliphatic rings. The van der Waals surface area contributed by atoms with Crippen molar-refractivity contribution in [1.82, 2.24) is 0 Å². The quantitative estimate of drug-likeness (QED) is 0.368. The number of nitro groups is 1. The second kappa shape index (κ2) is 6.63. The molecule has 4 nitrogen and oxygen atoms in total. The summed E-state index contributed by atoms with van der Waals surface area (Å²) < 4.78 is 6.36. The third kappa shape index (κ3) is 4.10. The number of hydrogen-bond acceptors (Lipinski definition) is 3. The minimum Gasteiger partial charge on any atom is -0.543 e. The Bertz CT molecular complexity index is 807. The molecule has 0 aromatic heterocycles. The predicted molar refractivity (Wildman–Crippen MR) is 106 cm³/mol. The van der Waals surface area contributed by atoms with Crippen molar-refractivity contribution in [2.75, 3.05) is 0 Å². The maximum atomic E-state index is 11.0. The zero-order valence-corrected chi connectivity index (χ0v) is 17.1. The lowest BCUT2D eigenvalue weighted by atomic mass is 9.98. The Morgan fingerprint density at radius 1 is 1.00 bits per heavy atom. The summed E-state index contributed by atoms with van der Waals surface area (Å²) in [5.41, 5.74) is 3.98. The highest BCUT2D eigenvalue weighted by molar-refractivity contribution is 6.74. The minimum absolute atomic E-state index is 0.148. The van der Waals surface area contributed by atoms with E-state index >= 15 is 0 Å². The van der Waals surface area contributed by atoms with Gasteiger partial charge >= 0.3 is 0 Å². The van der Waals surface area contributed by atoms with Crippen molar-refractivity contribution >= 4 is 14.0 Å². The first-order valence-corrected chi connectivity index (χ1v) is 11.4. The summed E-state index contributed by atoms with van der Waals surface area (Å²) in [4.78, 5) is 10.6. The van der Waals surface area contributed by atoms with Crippen LogP contribution in [0.1, 0.15) is 31.9 Å². The van der Waals surface area contributed by atoms with E-state index in [-0.39, 0.29) is 15.6 Å². The van der Waals surface area contributed by atoms with E-state index in [0.717, 1.165) is 22.4 Å². The third-order valence-corrected chi connectivity index (χ3v) is 9.44. The van der Waals surface area contributed by atoms with Crippen LogP contribution >= 0.6 is 0 Å². The van der Waals surface area contributed by atoms with Crippen LogP contribution in [0.15, 0.2) is 36.4 Å². The SMILES string of the molecule is Cc1cc(O[Si](C)(C)C(C)(C)C)ccc1-c1ccc([N+](=O)[O-])c(C)c1. The molecule has 25 heavy (non-hydrogen) atoms. The van der Waals surface area contributed by atoms with E-state index in [9.17, 15) is 10.1 Å². The lowest BCUT2D eigenvalue weighted by molar-refractivity contribution is -0.385. The molecule has 0 fully saturated rings. The predicted octanol–water partition coefficient (Wildman–Crippen LogP) is 6.26. The average Bonchev–Trinajstić information content (AvgIpc) is 2.45. The van der Waals surface area contributed by atoms with Gasteiger partial charge in [0.25, 0.3) is 5.69 Å². The molecule has 0 saturated carbocycles. The molecule has 0 saturated heterocycles. The monoisotopic (exact) mass is 357 g/mol. The van der Waals surface area contributed by atoms with E-state index in [1.807, 2.05) is 31.2 Å². The van der Waals surface area contributed by atoms with Crippen LogP contribution in [0.4, 0.5) is 5.69 Å². The molecule has 0 aliphatic carbocycles. The van der Waals surface area contributed by atoms with Gasteiger partial charge in [-0.3, -0.25) is 10.1 Å². The largest absolute Gasteiger partial charge is 0.543 e. The molecule has 0 unspecified atom stereocenters. The molecule has 0 N–H and O–H groups in total. The number of benzene rings is 2. The van der Waals surface area contributed by atoms with Crippen LogP contribution in [-0.4, -0.2) is 13.2 Å². The van der Waals surface area contributed by atoms with Gasteiger partial charge in [0.2, 0.25) is 8.32 Å². The molecule has 0 heterocycles. The van der Waals surface area contributed by atoms with Gasteiger partial charge in [0.1, 0.15) is 5.75 Å². The zero-order chi connectivity index (χ0) is 19.0. The maximum absolute atomic E-state index is 11.0. The molecule has 5 heteroatoms. The van der Waals surface area contributed by atoms with E-state index in [1.165, 1.54) is 0 Å². The van der Waals surface area contributed by atoms with Gasteiger partial charge in [-0.2, -0.15) is 0 Å². The van der Waals surface area contributed by atoms with Crippen LogP contribution in [0.25, 0.3) is 11.1 Å². The number of nitrogens with zero attached hydrogens (tertiary/aromatic N) is 1. The number of hydrogen-bond donors (Lipinski definition) is 0. The molecule has 0 spiro atoms. The number of aryl methyl sites for hydroxylation is 2. The Kier molecular flexibility index (Phi) is 5.09. The van der Waals surface area contributed by atoms with Crippen molar-refractivity contribution in [1.29, 1.82) is 0 Å². The van der Waals surface area contributed by atoms with Crippen LogP contribution in [0.2, 0.25) is 18.1 Å². The van der Waals surface area contributed by atoms with E-state index in [1.54, 1.807) is 13.0 Å². The average molecular weight is 358 g/mol. The molecule has 134 valence electrons. The molecule has 2 rings (SSSR count). The van der Waals surface area contributed by atoms with Gasteiger partial charge < -0.3 is 4.43 Å². The van der Waals surface area contributed by atoms with Crippen LogP contribution in [0, 0.1) is 24.0 Å². The van der Waals surface area contributed by atoms with E-state index in [0.29, 0.717) is 5.56 Å². The van der Waals surface area contributed by atoms with Crippen LogP contribution in [-0.2, 0) is 0 Å². The minimum atomic E-state index is -1.87. The van der Waals surface area contributed by atoms with Crippen molar-refractivity contribution in [3.8, 4) is 16.9 Å². The Morgan fingerprint density at radius 3 is 2.12 bits per heavy atom. The summed E-state index contributed by atoms with van der Waals surface area (Å²) >= 11 is 0. The molecule has 0 radical (unpaired) electrons. The second-order valence-corrected chi connectivity index (χ2v) is 12.8. The van der Waals surface area contributed by atoms with Crippen molar-refractivity contribution in [2.24, 2.45) is 0 Å². The fourth-order valence-corrected chi connectivity index (χ4v) is 3.52. The lowest BCUT2D eigenvalue weighted by Crippen LogP contribution is -2.43. The Morgan fingerprint density at radius 2 is 1.64 bits per heavy atom. The standard InChI is InChI=1S/C20H27NO3Si/c1-14-13-17(24-25(6,7)20(3,4)5)9-10-18(14)16-8-11-19(21(22)23)15(2)12-16/h8-13H,1-7H3. The smallest absolute Gasteiger partial charge is 0.272 e. The van der Waals surface area contributed by atoms with Gasteiger partial charge in [-0.25, -0.2) is 0 Å². The summed E-state index contributed by atoms with van der Waals surface area (Å²) in [6.45, 7) is 14.9. The van der Waals surface area contributed by atoms with E-state index in [2.05, 4.69) is 39.9 Å². The van der Waals surface area contributed by atoms with Crippen LogP contribution < -0.4 is 4.43 Å². The van der Waals surface area contributed by atoms with Gasteiger partial charge in [-0.15, -0.1) is 0 Å². The second-order valence-electron chi connectivity index (χ2n) is 8.10. The van der Waals surface area contributed by atoms with Crippen molar-refractivity contribution in [2.45, 2.75) is 52.8 Å². The molecule has 2 aromatic rings. The Labute approximate surface area is 151 Å². The third-order valence-electron chi connectivity index (χ3n) is 5.08. The van der Waals surface area contributed by atoms with Gasteiger partial charge in [0, 0.05) is 11.6 Å². The molecule has 0 atom stereocenters. The fraction of sp³-hybridized carbons (Fsp3) is 0.400. The summed E-state index contributed by atoms with van der Waals surface area (Å²) in [5, 5.41) is 11.1. The highest BCUT2D eigenvalue weighted by Crippen LogP contribution is 2.38. The maximum Gasteiger partial charge on any atom is 0.272 e. The molecular weight excluding hydrogens is 330 g/mol. The van der Waals surface area contributed by atoms with Gasteiger partial charge in [0.15, 0.2) is 0 Å². The first-order valence-electron chi connectivity index (χ1n) is 8.47. The zero-order valence-electron chi connectivity index (χ0n) is 16.1. The number of nitro benzene ring substituents is 1. The fourth-order valence-electron chi connectivity index (χ4n) is 2.50. The van der Waals surface area contributed by atoms with E-state index in [4.69, 9.17) is 4.43 Å². The van der Waals surface area contributed by atoms with Crippen molar-refractivity contribution in [3.05, 3.63) is 57.6 Å².